The highest BCUT2D eigenvalue weighted by Gasteiger charge is 2.18. The molecule has 0 spiro atoms. The molecule has 0 unspecified atom stereocenters. The minimum Gasteiger partial charge on any atom is -0.355 e. The van der Waals surface area contributed by atoms with Crippen molar-refractivity contribution >= 4 is 11.6 Å². The van der Waals surface area contributed by atoms with Crippen molar-refractivity contribution in [2.45, 2.75) is 0 Å². The molecule has 6 nitrogen and oxygen atoms in total. The van der Waals surface area contributed by atoms with E-state index in [0.717, 1.165) is 37.8 Å². The van der Waals surface area contributed by atoms with E-state index in [4.69, 9.17) is 5.26 Å². The quantitative estimate of drug-likeness (QED) is 0.887. The lowest BCUT2D eigenvalue weighted by Gasteiger charge is -2.36. The summed E-state index contributed by atoms with van der Waals surface area (Å²) < 4.78 is 0. The second kappa shape index (κ2) is 5.67. The van der Waals surface area contributed by atoms with Crippen LogP contribution < -0.4 is 15.4 Å². The maximum absolute atomic E-state index is 11.4. The monoisotopic (exact) mass is 281 g/mol. The third-order valence-corrected chi connectivity index (χ3v) is 3.55. The number of nitrogens with zero attached hydrogens (tertiary/aromatic N) is 4. The standard InChI is InChI=1S/C15H15N5O/c16-11-12-3-1-4-13(17-12)19-7-9-20(10-8-19)14-5-2-6-15(21)18-14/h1-6H,7-10H2,(H,18,21). The van der Waals surface area contributed by atoms with Gasteiger partial charge >= 0.3 is 0 Å². The Morgan fingerprint density at radius 2 is 1.76 bits per heavy atom. The molecule has 0 saturated carbocycles. The summed E-state index contributed by atoms with van der Waals surface area (Å²) in [5.41, 5.74) is 0.348. The van der Waals surface area contributed by atoms with Gasteiger partial charge < -0.3 is 14.8 Å². The highest BCUT2D eigenvalue weighted by molar-refractivity contribution is 5.46. The average Bonchev–Trinajstić information content (AvgIpc) is 2.55. The van der Waals surface area contributed by atoms with Crippen LogP contribution >= 0.6 is 0 Å². The summed E-state index contributed by atoms with van der Waals surface area (Å²) in [6.45, 7) is 3.22. The molecule has 6 heteroatoms. The van der Waals surface area contributed by atoms with Gasteiger partial charge in [0.2, 0.25) is 5.56 Å². The molecule has 1 N–H and O–H groups in total. The molecule has 0 amide bonds. The van der Waals surface area contributed by atoms with Crippen molar-refractivity contribution in [2.24, 2.45) is 0 Å². The van der Waals surface area contributed by atoms with Crippen LogP contribution in [0.5, 0.6) is 0 Å². The van der Waals surface area contributed by atoms with Crippen molar-refractivity contribution in [3.05, 3.63) is 52.4 Å². The van der Waals surface area contributed by atoms with Crippen molar-refractivity contribution in [1.82, 2.24) is 9.97 Å². The maximum atomic E-state index is 11.4. The fourth-order valence-electron chi connectivity index (χ4n) is 2.46. The molecule has 0 bridgehead atoms. The molecule has 1 saturated heterocycles. The van der Waals surface area contributed by atoms with Gasteiger partial charge in [-0.1, -0.05) is 12.1 Å². The number of hydrogen-bond donors (Lipinski definition) is 1. The lowest BCUT2D eigenvalue weighted by Crippen LogP contribution is -2.47. The SMILES string of the molecule is N#Cc1cccc(N2CCN(c3cccc(=O)[nH]3)CC2)n1. The Kier molecular flexibility index (Phi) is 3.56. The molecular weight excluding hydrogens is 266 g/mol. The van der Waals surface area contributed by atoms with E-state index >= 15 is 0 Å². The summed E-state index contributed by atoms with van der Waals surface area (Å²) in [5.74, 6) is 1.68. The fourth-order valence-corrected chi connectivity index (χ4v) is 2.46. The fraction of sp³-hybridized carbons (Fsp3) is 0.267. The van der Waals surface area contributed by atoms with Crippen molar-refractivity contribution in [1.29, 1.82) is 5.26 Å². The highest BCUT2D eigenvalue weighted by Crippen LogP contribution is 2.16. The van der Waals surface area contributed by atoms with Gasteiger partial charge in [0.25, 0.3) is 0 Å². The number of rotatable bonds is 2. The minimum atomic E-state index is -0.0849. The van der Waals surface area contributed by atoms with Crippen LogP contribution in [0.4, 0.5) is 11.6 Å². The van der Waals surface area contributed by atoms with Crippen LogP contribution in [0.2, 0.25) is 0 Å². The van der Waals surface area contributed by atoms with E-state index in [0.29, 0.717) is 5.69 Å². The predicted molar refractivity (Wildman–Crippen MR) is 80.4 cm³/mol. The zero-order chi connectivity index (χ0) is 14.7. The molecule has 0 atom stereocenters. The molecule has 1 aliphatic rings. The predicted octanol–water partition coefficient (Wildman–Crippen LogP) is 0.968. The number of nitrogens with one attached hydrogen (secondary N) is 1. The van der Waals surface area contributed by atoms with Crippen molar-refractivity contribution in [2.75, 3.05) is 36.0 Å². The van der Waals surface area contributed by atoms with Crippen LogP contribution in [0.15, 0.2) is 41.2 Å². The first-order valence-corrected chi connectivity index (χ1v) is 6.83. The lowest BCUT2D eigenvalue weighted by molar-refractivity contribution is 0.641. The Morgan fingerprint density at radius 1 is 1.05 bits per heavy atom. The topological polar surface area (TPSA) is 76.0 Å². The van der Waals surface area contributed by atoms with Gasteiger partial charge in [-0.15, -0.1) is 0 Å². The van der Waals surface area contributed by atoms with Crippen LogP contribution in [0.1, 0.15) is 5.69 Å². The highest BCUT2D eigenvalue weighted by atomic mass is 16.1. The summed E-state index contributed by atoms with van der Waals surface area (Å²) in [4.78, 5) is 22.8. The van der Waals surface area contributed by atoms with E-state index in [2.05, 4.69) is 25.8 Å². The van der Waals surface area contributed by atoms with E-state index in [1.807, 2.05) is 18.2 Å². The summed E-state index contributed by atoms with van der Waals surface area (Å²) >= 11 is 0. The normalized spacial score (nSPS) is 14.8. The van der Waals surface area contributed by atoms with Crippen molar-refractivity contribution < 1.29 is 0 Å². The molecular formula is C15H15N5O. The summed E-state index contributed by atoms with van der Waals surface area (Å²) in [5, 5.41) is 8.90. The summed E-state index contributed by atoms with van der Waals surface area (Å²) in [7, 11) is 0. The van der Waals surface area contributed by atoms with Crippen LogP contribution in [-0.2, 0) is 0 Å². The first-order chi connectivity index (χ1) is 10.3. The zero-order valence-electron chi connectivity index (χ0n) is 11.5. The van der Waals surface area contributed by atoms with Crippen LogP contribution in [-0.4, -0.2) is 36.1 Å². The molecule has 3 heterocycles. The summed E-state index contributed by atoms with van der Waals surface area (Å²) in [6, 6.07) is 12.7. The van der Waals surface area contributed by atoms with E-state index in [1.54, 1.807) is 12.1 Å². The van der Waals surface area contributed by atoms with Crippen LogP contribution in [0.25, 0.3) is 0 Å². The van der Waals surface area contributed by atoms with Gasteiger partial charge in [0.1, 0.15) is 23.4 Å². The van der Waals surface area contributed by atoms with Gasteiger partial charge in [-0.3, -0.25) is 4.79 Å². The van der Waals surface area contributed by atoms with E-state index in [9.17, 15) is 4.79 Å². The molecule has 0 aromatic carbocycles. The maximum Gasteiger partial charge on any atom is 0.249 e. The largest absolute Gasteiger partial charge is 0.355 e. The first-order valence-electron chi connectivity index (χ1n) is 6.83. The Bertz CT molecular complexity index is 725. The molecule has 2 aromatic heterocycles. The van der Waals surface area contributed by atoms with E-state index in [1.165, 1.54) is 6.07 Å². The number of anilines is 2. The van der Waals surface area contributed by atoms with E-state index < -0.39 is 0 Å². The number of hydrogen-bond acceptors (Lipinski definition) is 5. The smallest absolute Gasteiger partial charge is 0.249 e. The molecule has 0 radical (unpaired) electrons. The third kappa shape index (κ3) is 2.87. The zero-order valence-corrected chi connectivity index (χ0v) is 11.5. The van der Waals surface area contributed by atoms with Gasteiger partial charge in [-0.25, -0.2) is 4.98 Å². The molecule has 2 aromatic rings. The number of aromatic amines is 1. The second-order valence-electron chi connectivity index (χ2n) is 4.87. The summed E-state index contributed by atoms with van der Waals surface area (Å²) in [6.07, 6.45) is 0. The number of aromatic nitrogens is 2. The van der Waals surface area contributed by atoms with Crippen LogP contribution in [0.3, 0.4) is 0 Å². The third-order valence-electron chi connectivity index (χ3n) is 3.55. The molecule has 1 aliphatic heterocycles. The Balaban J connectivity index is 1.70. The number of H-pyrrole nitrogens is 1. The lowest BCUT2D eigenvalue weighted by atomic mass is 10.3. The molecule has 1 fully saturated rings. The number of nitriles is 1. The Morgan fingerprint density at radius 3 is 2.48 bits per heavy atom. The van der Waals surface area contributed by atoms with Gasteiger partial charge in [0.05, 0.1) is 0 Å². The molecule has 106 valence electrons. The molecule has 0 aliphatic carbocycles. The van der Waals surface area contributed by atoms with Gasteiger partial charge in [0.15, 0.2) is 0 Å². The second-order valence-corrected chi connectivity index (χ2v) is 4.87. The Hall–Kier alpha value is -2.81. The first kappa shape index (κ1) is 13.2. The average molecular weight is 281 g/mol. The molecule has 3 rings (SSSR count). The number of pyridine rings is 2. The van der Waals surface area contributed by atoms with Crippen molar-refractivity contribution in [3.63, 3.8) is 0 Å². The van der Waals surface area contributed by atoms with Crippen molar-refractivity contribution in [3.8, 4) is 6.07 Å². The minimum absolute atomic E-state index is 0.0849. The Labute approximate surface area is 122 Å². The van der Waals surface area contributed by atoms with Gasteiger partial charge in [-0.2, -0.15) is 5.26 Å². The van der Waals surface area contributed by atoms with E-state index in [-0.39, 0.29) is 5.56 Å². The van der Waals surface area contributed by atoms with Gasteiger partial charge in [0, 0.05) is 32.2 Å². The van der Waals surface area contributed by atoms with Gasteiger partial charge in [-0.05, 0) is 18.2 Å². The van der Waals surface area contributed by atoms with Crippen LogP contribution in [0, 0.1) is 11.3 Å². The molecule has 21 heavy (non-hydrogen) atoms. The number of piperazine rings is 1.